The molecule has 45 heavy (non-hydrogen) atoms. The average molecular weight is 576 g/mol. The van der Waals surface area contributed by atoms with Gasteiger partial charge in [0.05, 0.1) is 16.4 Å². The highest BCUT2D eigenvalue weighted by Crippen LogP contribution is 2.41. The van der Waals surface area contributed by atoms with Crippen LogP contribution in [0.4, 0.5) is 0 Å². The molecule has 0 N–H and O–H groups in total. The van der Waals surface area contributed by atoms with E-state index in [1.165, 1.54) is 16.5 Å². The lowest BCUT2D eigenvalue weighted by atomic mass is 10.00. The van der Waals surface area contributed by atoms with Crippen LogP contribution in [0.25, 0.3) is 93.6 Å². The third-order valence-electron chi connectivity index (χ3n) is 9.22. The minimum absolute atomic E-state index is 0.901. The maximum absolute atomic E-state index is 6.47. The average Bonchev–Trinajstić information content (AvgIpc) is 3.77. The topological polar surface area (TPSA) is 31.2 Å². The number of nitrogens with zero attached hydrogens (tertiary/aromatic N) is 1. The van der Waals surface area contributed by atoms with E-state index in [0.717, 1.165) is 77.1 Å². The summed E-state index contributed by atoms with van der Waals surface area (Å²) in [4.78, 5) is 0. The first kappa shape index (κ1) is 24.4. The standard InChI is InChI=1S/C42H25NO2/c1-2-8-26(9-3-1)28-16-22-39-34(24-28)35-25-29(17-23-40(35)44-39)27-14-18-30(19-15-27)43-36-12-6-4-11-33(36)41-37(43)21-20-32-31-10-5-7-13-38(31)45-42(32)41/h1-25H. The van der Waals surface area contributed by atoms with Gasteiger partial charge in [0.1, 0.15) is 22.3 Å². The summed E-state index contributed by atoms with van der Waals surface area (Å²) in [6.45, 7) is 0. The van der Waals surface area contributed by atoms with E-state index in [9.17, 15) is 0 Å². The zero-order valence-electron chi connectivity index (χ0n) is 24.2. The molecule has 0 radical (unpaired) electrons. The predicted molar refractivity (Wildman–Crippen MR) is 186 cm³/mol. The molecule has 3 aromatic heterocycles. The number of fused-ring (bicyclic) bond motifs is 10. The van der Waals surface area contributed by atoms with Crippen molar-refractivity contribution in [3.05, 3.63) is 152 Å². The van der Waals surface area contributed by atoms with E-state index in [4.69, 9.17) is 8.83 Å². The van der Waals surface area contributed by atoms with Crippen LogP contribution in [0.2, 0.25) is 0 Å². The molecule has 3 nitrogen and oxygen atoms in total. The highest BCUT2D eigenvalue weighted by molar-refractivity contribution is 6.23. The van der Waals surface area contributed by atoms with Crippen LogP contribution in [-0.4, -0.2) is 4.57 Å². The summed E-state index contributed by atoms with van der Waals surface area (Å²) in [5.74, 6) is 0. The number of hydrogen-bond donors (Lipinski definition) is 0. The van der Waals surface area contributed by atoms with Crippen LogP contribution in [-0.2, 0) is 0 Å². The smallest absolute Gasteiger partial charge is 0.145 e. The van der Waals surface area contributed by atoms with Crippen molar-refractivity contribution < 1.29 is 8.83 Å². The number of rotatable bonds is 3. The van der Waals surface area contributed by atoms with E-state index in [2.05, 4.69) is 138 Å². The number of para-hydroxylation sites is 2. The maximum atomic E-state index is 6.47. The minimum atomic E-state index is 0.901. The zero-order valence-corrected chi connectivity index (χ0v) is 24.2. The molecule has 0 fully saturated rings. The van der Waals surface area contributed by atoms with Crippen molar-refractivity contribution in [1.82, 2.24) is 4.57 Å². The van der Waals surface area contributed by atoms with Gasteiger partial charge in [-0.15, -0.1) is 0 Å². The third kappa shape index (κ3) is 3.58. The van der Waals surface area contributed by atoms with Gasteiger partial charge in [0.2, 0.25) is 0 Å². The number of furan rings is 2. The van der Waals surface area contributed by atoms with Crippen molar-refractivity contribution in [3.8, 4) is 27.9 Å². The van der Waals surface area contributed by atoms with Crippen LogP contribution < -0.4 is 0 Å². The summed E-state index contributed by atoms with van der Waals surface area (Å²) >= 11 is 0. The van der Waals surface area contributed by atoms with Crippen molar-refractivity contribution in [2.24, 2.45) is 0 Å². The van der Waals surface area contributed by atoms with Gasteiger partial charge in [0, 0.05) is 32.6 Å². The molecule has 3 heterocycles. The fourth-order valence-corrected chi connectivity index (χ4v) is 7.08. The predicted octanol–water partition coefficient (Wildman–Crippen LogP) is 11.9. The molecule has 3 heteroatoms. The summed E-state index contributed by atoms with van der Waals surface area (Å²) in [7, 11) is 0. The second kappa shape index (κ2) is 9.22. The molecule has 0 saturated carbocycles. The first-order chi connectivity index (χ1) is 22.3. The second-order valence-electron chi connectivity index (χ2n) is 11.7. The molecule has 210 valence electrons. The summed E-state index contributed by atoms with van der Waals surface area (Å²) < 4.78 is 15.0. The normalized spacial score (nSPS) is 12.0. The SMILES string of the molecule is c1ccc(-c2ccc3oc4ccc(-c5ccc(-n6c7ccccc7c7c8oc9ccccc9c8ccc76)cc5)cc4c3c2)cc1. The van der Waals surface area contributed by atoms with E-state index in [1.807, 2.05) is 18.2 Å². The molecule has 0 atom stereocenters. The van der Waals surface area contributed by atoms with Crippen molar-refractivity contribution in [2.45, 2.75) is 0 Å². The van der Waals surface area contributed by atoms with E-state index < -0.39 is 0 Å². The van der Waals surface area contributed by atoms with Gasteiger partial charge in [-0.3, -0.25) is 0 Å². The van der Waals surface area contributed by atoms with Gasteiger partial charge in [0.15, 0.2) is 0 Å². The summed E-state index contributed by atoms with van der Waals surface area (Å²) in [6.07, 6.45) is 0. The van der Waals surface area contributed by atoms with Crippen LogP contribution in [0.15, 0.2) is 160 Å². The Kier molecular flexibility index (Phi) is 5.00. The van der Waals surface area contributed by atoms with E-state index in [1.54, 1.807) is 0 Å². The monoisotopic (exact) mass is 575 g/mol. The van der Waals surface area contributed by atoms with E-state index >= 15 is 0 Å². The van der Waals surface area contributed by atoms with Crippen LogP contribution in [0, 0.1) is 0 Å². The highest BCUT2D eigenvalue weighted by Gasteiger charge is 2.18. The van der Waals surface area contributed by atoms with Crippen LogP contribution in [0.3, 0.4) is 0 Å². The number of aromatic nitrogens is 1. The van der Waals surface area contributed by atoms with Crippen LogP contribution in [0.5, 0.6) is 0 Å². The lowest BCUT2D eigenvalue weighted by Gasteiger charge is -2.09. The van der Waals surface area contributed by atoms with Gasteiger partial charge >= 0.3 is 0 Å². The quantitative estimate of drug-likeness (QED) is 0.210. The molecule has 0 saturated heterocycles. The summed E-state index contributed by atoms with van der Waals surface area (Å²) in [6, 6.07) is 53.6. The molecule has 7 aromatic carbocycles. The Morgan fingerprint density at radius 3 is 1.71 bits per heavy atom. The maximum Gasteiger partial charge on any atom is 0.145 e. The Morgan fingerprint density at radius 2 is 0.956 bits per heavy atom. The first-order valence-electron chi connectivity index (χ1n) is 15.3. The van der Waals surface area contributed by atoms with Gasteiger partial charge in [-0.2, -0.15) is 0 Å². The molecule has 10 rings (SSSR count). The van der Waals surface area contributed by atoms with Crippen molar-refractivity contribution >= 4 is 65.7 Å². The van der Waals surface area contributed by atoms with Crippen LogP contribution >= 0.6 is 0 Å². The Labute approximate surface area is 258 Å². The summed E-state index contributed by atoms with van der Waals surface area (Å²) in [5.41, 5.74) is 11.8. The Hall–Kier alpha value is -6.06. The lowest BCUT2D eigenvalue weighted by molar-refractivity contribution is 0.669. The molecule has 0 bridgehead atoms. The molecule has 0 amide bonds. The van der Waals surface area contributed by atoms with Crippen molar-refractivity contribution in [2.75, 3.05) is 0 Å². The third-order valence-corrected chi connectivity index (χ3v) is 9.22. The number of benzene rings is 7. The molecule has 0 unspecified atom stereocenters. The summed E-state index contributed by atoms with van der Waals surface area (Å²) in [5, 5.41) is 6.89. The molecule has 0 aliphatic rings. The fraction of sp³-hybridized carbons (Fsp3) is 0. The second-order valence-corrected chi connectivity index (χ2v) is 11.7. The Balaban J connectivity index is 1.11. The van der Waals surface area contributed by atoms with Gasteiger partial charge in [-0.1, -0.05) is 91.0 Å². The van der Waals surface area contributed by atoms with Gasteiger partial charge in [0.25, 0.3) is 0 Å². The largest absolute Gasteiger partial charge is 0.456 e. The van der Waals surface area contributed by atoms with Crippen molar-refractivity contribution in [1.29, 1.82) is 0 Å². The first-order valence-corrected chi connectivity index (χ1v) is 15.3. The lowest BCUT2D eigenvalue weighted by Crippen LogP contribution is -1.93. The fourth-order valence-electron chi connectivity index (χ4n) is 7.08. The zero-order chi connectivity index (χ0) is 29.5. The molecule has 0 spiro atoms. The minimum Gasteiger partial charge on any atom is -0.456 e. The van der Waals surface area contributed by atoms with Crippen molar-refractivity contribution in [3.63, 3.8) is 0 Å². The van der Waals surface area contributed by atoms with Crippen LogP contribution in [0.1, 0.15) is 0 Å². The Bertz CT molecular complexity index is 2740. The van der Waals surface area contributed by atoms with E-state index in [0.29, 0.717) is 0 Å². The molecular weight excluding hydrogens is 550 g/mol. The Morgan fingerprint density at radius 1 is 0.356 bits per heavy atom. The molecule has 0 aliphatic carbocycles. The van der Waals surface area contributed by atoms with E-state index in [-0.39, 0.29) is 0 Å². The molecule has 10 aromatic rings. The molecular formula is C42H25NO2. The molecule has 0 aliphatic heterocycles. The highest BCUT2D eigenvalue weighted by atomic mass is 16.3. The van der Waals surface area contributed by atoms with Gasteiger partial charge in [-0.25, -0.2) is 0 Å². The van der Waals surface area contributed by atoms with Gasteiger partial charge < -0.3 is 13.4 Å². The number of hydrogen-bond acceptors (Lipinski definition) is 2. The van der Waals surface area contributed by atoms with Gasteiger partial charge in [-0.05, 0) is 82.9 Å².